The maximum absolute atomic E-state index is 10.4. The minimum Gasteiger partial charge on any atom is -0.399 e. The van der Waals surface area contributed by atoms with Gasteiger partial charge in [-0.25, -0.2) is 0 Å². The molecule has 0 fully saturated rings. The van der Waals surface area contributed by atoms with Crippen molar-refractivity contribution in [1.29, 1.82) is 0 Å². The molecule has 0 aliphatic rings. The first kappa shape index (κ1) is 10.2. The lowest BCUT2D eigenvalue weighted by molar-refractivity contribution is -0.384. The molecule has 5 heteroatoms. The van der Waals surface area contributed by atoms with Crippen LogP contribution in [-0.2, 0) is 4.84 Å². The number of nitro benzene ring substituents is 1. The minimum atomic E-state index is -0.438. The highest BCUT2D eigenvalue weighted by atomic mass is 16.6. The third-order valence-electron chi connectivity index (χ3n) is 1.72. The largest absolute Gasteiger partial charge is 0.399 e. The quantitative estimate of drug-likeness (QED) is 0.419. The lowest BCUT2D eigenvalue weighted by atomic mass is 10.1. The zero-order chi connectivity index (χ0) is 10.6. The Morgan fingerprint density at radius 2 is 2.00 bits per heavy atom. The van der Waals surface area contributed by atoms with Gasteiger partial charge < -0.3 is 4.84 Å². The van der Waals surface area contributed by atoms with Gasteiger partial charge in [0.15, 0.2) is 0 Å². The summed E-state index contributed by atoms with van der Waals surface area (Å²) in [5.74, 6) is 0. The second-order valence-electron chi connectivity index (χ2n) is 2.66. The normalized spacial score (nSPS) is 11.1. The zero-order valence-corrected chi connectivity index (χ0v) is 7.93. The Hall–Kier alpha value is -1.91. The fourth-order valence-corrected chi connectivity index (χ4v) is 1.01. The summed E-state index contributed by atoms with van der Waals surface area (Å²) in [6, 6.07) is 6.14. The number of nitro groups is 1. The van der Waals surface area contributed by atoms with E-state index in [-0.39, 0.29) is 5.69 Å². The maximum Gasteiger partial charge on any atom is 0.269 e. The maximum atomic E-state index is 10.4. The molecule has 1 rings (SSSR count). The van der Waals surface area contributed by atoms with Crippen molar-refractivity contribution >= 4 is 11.4 Å². The number of non-ortho nitro benzene ring substituents is 1. The van der Waals surface area contributed by atoms with Crippen molar-refractivity contribution in [2.75, 3.05) is 7.11 Å². The molecule has 0 amide bonds. The average Bonchev–Trinajstić information content (AvgIpc) is 2.18. The first-order valence-electron chi connectivity index (χ1n) is 3.97. The van der Waals surface area contributed by atoms with E-state index in [1.54, 1.807) is 19.1 Å². The van der Waals surface area contributed by atoms with Gasteiger partial charge in [-0.05, 0) is 24.6 Å². The molecule has 0 atom stereocenters. The molecule has 0 heterocycles. The van der Waals surface area contributed by atoms with Gasteiger partial charge in [0.25, 0.3) is 5.69 Å². The summed E-state index contributed by atoms with van der Waals surface area (Å²) in [5, 5.41) is 14.1. The number of oxime groups is 1. The van der Waals surface area contributed by atoms with Gasteiger partial charge in [0.05, 0.1) is 10.6 Å². The van der Waals surface area contributed by atoms with E-state index >= 15 is 0 Å². The zero-order valence-electron chi connectivity index (χ0n) is 7.93. The van der Waals surface area contributed by atoms with Crippen molar-refractivity contribution in [3.8, 4) is 0 Å². The summed E-state index contributed by atoms with van der Waals surface area (Å²) in [6.07, 6.45) is 0. The number of benzene rings is 1. The summed E-state index contributed by atoms with van der Waals surface area (Å²) in [7, 11) is 1.45. The molecule has 0 N–H and O–H groups in total. The molecular weight excluding hydrogens is 184 g/mol. The summed E-state index contributed by atoms with van der Waals surface area (Å²) in [5.41, 5.74) is 1.55. The molecule has 5 nitrogen and oxygen atoms in total. The molecule has 0 unspecified atom stereocenters. The molecule has 0 radical (unpaired) electrons. The average molecular weight is 194 g/mol. The van der Waals surface area contributed by atoms with E-state index in [1.165, 1.54) is 19.2 Å². The molecule has 74 valence electrons. The Bertz CT molecular complexity index is 357. The Labute approximate surface area is 81.1 Å². The molecule has 0 saturated heterocycles. The summed E-state index contributed by atoms with van der Waals surface area (Å²) >= 11 is 0. The fraction of sp³-hybridized carbons (Fsp3) is 0.222. The highest BCUT2D eigenvalue weighted by Crippen LogP contribution is 2.12. The summed E-state index contributed by atoms with van der Waals surface area (Å²) in [6.45, 7) is 1.77. The lowest BCUT2D eigenvalue weighted by Gasteiger charge is -1.98. The first-order valence-corrected chi connectivity index (χ1v) is 3.97. The van der Waals surface area contributed by atoms with E-state index in [1.807, 2.05) is 0 Å². The number of nitrogens with zero attached hydrogens (tertiary/aromatic N) is 2. The van der Waals surface area contributed by atoms with Crippen LogP contribution in [0, 0.1) is 10.1 Å². The number of hydrogen-bond donors (Lipinski definition) is 0. The molecular formula is C9H10N2O3. The van der Waals surface area contributed by atoms with E-state index in [2.05, 4.69) is 9.99 Å². The predicted molar refractivity (Wildman–Crippen MR) is 52.3 cm³/mol. The van der Waals surface area contributed by atoms with Gasteiger partial charge in [0.2, 0.25) is 0 Å². The number of rotatable bonds is 3. The van der Waals surface area contributed by atoms with Gasteiger partial charge in [0, 0.05) is 12.1 Å². The highest BCUT2D eigenvalue weighted by molar-refractivity contribution is 5.98. The Morgan fingerprint density at radius 3 is 2.43 bits per heavy atom. The van der Waals surface area contributed by atoms with Crippen LogP contribution < -0.4 is 0 Å². The highest BCUT2D eigenvalue weighted by Gasteiger charge is 2.05. The van der Waals surface area contributed by atoms with Crippen molar-refractivity contribution in [2.45, 2.75) is 6.92 Å². The summed E-state index contributed by atoms with van der Waals surface area (Å²) < 4.78 is 0. The molecule has 0 aliphatic carbocycles. The third kappa shape index (κ3) is 2.29. The SMILES string of the molecule is CO/N=C(/C)c1ccc([N+](=O)[O-])cc1. The van der Waals surface area contributed by atoms with Gasteiger partial charge in [-0.3, -0.25) is 10.1 Å². The van der Waals surface area contributed by atoms with E-state index < -0.39 is 4.92 Å². The Morgan fingerprint density at radius 1 is 1.43 bits per heavy atom. The van der Waals surface area contributed by atoms with Crippen molar-refractivity contribution in [2.24, 2.45) is 5.16 Å². The monoisotopic (exact) mass is 194 g/mol. The second kappa shape index (κ2) is 4.36. The standard InChI is InChI=1S/C9H10N2O3/c1-7(10-14-2)8-3-5-9(6-4-8)11(12)13/h3-6H,1-2H3/b10-7-. The van der Waals surface area contributed by atoms with Crippen molar-refractivity contribution in [3.63, 3.8) is 0 Å². The molecule has 0 aliphatic heterocycles. The van der Waals surface area contributed by atoms with Gasteiger partial charge in [-0.2, -0.15) is 0 Å². The molecule has 0 aromatic heterocycles. The summed E-state index contributed by atoms with van der Waals surface area (Å²) in [4.78, 5) is 14.5. The van der Waals surface area contributed by atoms with Crippen LogP contribution >= 0.6 is 0 Å². The van der Waals surface area contributed by atoms with Gasteiger partial charge >= 0.3 is 0 Å². The van der Waals surface area contributed by atoms with Crippen molar-refractivity contribution in [3.05, 3.63) is 39.9 Å². The minimum absolute atomic E-state index is 0.0685. The van der Waals surface area contributed by atoms with E-state index in [0.717, 1.165) is 5.56 Å². The van der Waals surface area contributed by atoms with Gasteiger partial charge in [0.1, 0.15) is 7.11 Å². The number of hydrogen-bond acceptors (Lipinski definition) is 4. The van der Waals surface area contributed by atoms with E-state index in [9.17, 15) is 10.1 Å². The van der Waals surface area contributed by atoms with Crippen LogP contribution in [0.25, 0.3) is 0 Å². The Kier molecular flexibility index (Phi) is 3.17. The molecule has 0 spiro atoms. The van der Waals surface area contributed by atoms with Crippen LogP contribution in [0.2, 0.25) is 0 Å². The topological polar surface area (TPSA) is 64.7 Å². The van der Waals surface area contributed by atoms with Crippen molar-refractivity contribution in [1.82, 2.24) is 0 Å². The van der Waals surface area contributed by atoms with Crippen LogP contribution in [0.1, 0.15) is 12.5 Å². The van der Waals surface area contributed by atoms with Crippen LogP contribution in [-0.4, -0.2) is 17.7 Å². The van der Waals surface area contributed by atoms with E-state index in [4.69, 9.17) is 0 Å². The van der Waals surface area contributed by atoms with E-state index in [0.29, 0.717) is 5.71 Å². The van der Waals surface area contributed by atoms with Crippen LogP contribution in [0.5, 0.6) is 0 Å². The van der Waals surface area contributed by atoms with Gasteiger partial charge in [-0.15, -0.1) is 0 Å². The lowest BCUT2D eigenvalue weighted by Crippen LogP contribution is -1.95. The van der Waals surface area contributed by atoms with Crippen LogP contribution in [0.3, 0.4) is 0 Å². The third-order valence-corrected chi connectivity index (χ3v) is 1.72. The molecule has 0 bridgehead atoms. The molecule has 0 saturated carbocycles. The smallest absolute Gasteiger partial charge is 0.269 e. The van der Waals surface area contributed by atoms with Crippen LogP contribution in [0.15, 0.2) is 29.4 Å². The second-order valence-corrected chi connectivity index (χ2v) is 2.66. The first-order chi connectivity index (χ1) is 6.65. The van der Waals surface area contributed by atoms with Crippen molar-refractivity contribution < 1.29 is 9.76 Å². The molecule has 1 aromatic rings. The van der Waals surface area contributed by atoms with Gasteiger partial charge in [-0.1, -0.05) is 5.16 Å². The van der Waals surface area contributed by atoms with Crippen LogP contribution in [0.4, 0.5) is 5.69 Å². The Balaban J connectivity index is 2.94. The molecule has 14 heavy (non-hydrogen) atoms. The molecule has 1 aromatic carbocycles. The fourth-order valence-electron chi connectivity index (χ4n) is 1.01. The predicted octanol–water partition coefficient (Wildman–Crippen LogP) is 1.97.